The Hall–Kier alpha value is -2.03. The Bertz CT molecular complexity index is 592. The number of fused-ring (bicyclic) bond motifs is 1. The summed E-state index contributed by atoms with van der Waals surface area (Å²) in [5.41, 5.74) is 4.86. The zero-order valence-corrected chi connectivity index (χ0v) is 11.7. The van der Waals surface area contributed by atoms with E-state index < -0.39 is 0 Å². The van der Waals surface area contributed by atoms with Gasteiger partial charge >= 0.3 is 0 Å². The van der Waals surface area contributed by atoms with Crippen molar-refractivity contribution in [1.82, 2.24) is 0 Å². The first-order valence-corrected chi connectivity index (χ1v) is 7.18. The molecule has 1 heterocycles. The summed E-state index contributed by atoms with van der Waals surface area (Å²) in [6.45, 7) is 4.03. The van der Waals surface area contributed by atoms with Gasteiger partial charge in [0.1, 0.15) is 5.82 Å². The molecule has 1 aliphatic heterocycles. The lowest BCUT2D eigenvalue weighted by atomic mass is 10.0. The van der Waals surface area contributed by atoms with E-state index in [2.05, 4.69) is 35.3 Å². The van der Waals surface area contributed by atoms with E-state index in [1.807, 2.05) is 12.1 Å². The molecule has 0 bridgehead atoms. The van der Waals surface area contributed by atoms with Gasteiger partial charge in [-0.1, -0.05) is 6.07 Å². The third-order valence-electron chi connectivity index (χ3n) is 3.82. The fourth-order valence-electron chi connectivity index (χ4n) is 2.86. The van der Waals surface area contributed by atoms with Crippen molar-refractivity contribution >= 4 is 17.1 Å². The lowest BCUT2D eigenvalue weighted by molar-refractivity contribution is 0.628. The molecule has 0 saturated heterocycles. The molecule has 3 rings (SSSR count). The smallest absolute Gasteiger partial charge is 0.123 e. The van der Waals surface area contributed by atoms with Crippen molar-refractivity contribution in [3.63, 3.8) is 0 Å². The van der Waals surface area contributed by atoms with E-state index in [9.17, 15) is 4.39 Å². The fraction of sp³-hybridized carbons (Fsp3) is 0.294. The van der Waals surface area contributed by atoms with Crippen molar-refractivity contribution in [2.24, 2.45) is 0 Å². The molecule has 0 saturated carbocycles. The predicted octanol–water partition coefficient (Wildman–Crippen LogP) is 4.34. The number of nitrogens with one attached hydrogen (secondary N) is 1. The van der Waals surface area contributed by atoms with Gasteiger partial charge in [-0.05, 0) is 61.7 Å². The Morgan fingerprint density at radius 2 is 1.95 bits per heavy atom. The third-order valence-corrected chi connectivity index (χ3v) is 3.82. The quantitative estimate of drug-likeness (QED) is 0.892. The Labute approximate surface area is 119 Å². The second-order valence-electron chi connectivity index (χ2n) is 5.05. The maximum Gasteiger partial charge on any atom is 0.123 e. The van der Waals surface area contributed by atoms with Crippen LogP contribution in [-0.4, -0.2) is 13.1 Å². The van der Waals surface area contributed by atoms with E-state index in [1.54, 1.807) is 0 Å². The van der Waals surface area contributed by atoms with Gasteiger partial charge in [-0.3, -0.25) is 0 Å². The third kappa shape index (κ3) is 2.36. The molecule has 0 spiro atoms. The van der Waals surface area contributed by atoms with E-state index in [4.69, 9.17) is 0 Å². The molecule has 20 heavy (non-hydrogen) atoms. The Morgan fingerprint density at radius 1 is 1.15 bits per heavy atom. The topological polar surface area (TPSA) is 15.3 Å². The lowest BCUT2D eigenvalue weighted by Crippen LogP contribution is -2.20. The molecule has 0 unspecified atom stereocenters. The van der Waals surface area contributed by atoms with Crippen molar-refractivity contribution in [3.8, 4) is 0 Å². The van der Waals surface area contributed by atoms with Gasteiger partial charge in [0, 0.05) is 30.2 Å². The molecule has 1 aliphatic rings. The molecular formula is C17H19FN2. The predicted molar refractivity (Wildman–Crippen MR) is 82.3 cm³/mol. The van der Waals surface area contributed by atoms with Crippen LogP contribution in [0.5, 0.6) is 0 Å². The normalized spacial score (nSPS) is 13.5. The van der Waals surface area contributed by atoms with Gasteiger partial charge in [0.05, 0.1) is 0 Å². The van der Waals surface area contributed by atoms with E-state index >= 15 is 0 Å². The molecule has 2 aromatic rings. The largest absolute Gasteiger partial charge is 0.385 e. The summed E-state index contributed by atoms with van der Waals surface area (Å²) in [4.78, 5) is 2.24. The monoisotopic (exact) mass is 270 g/mol. The summed E-state index contributed by atoms with van der Waals surface area (Å²) >= 11 is 0. The molecule has 0 radical (unpaired) electrons. The van der Waals surface area contributed by atoms with Crippen LogP contribution in [0.1, 0.15) is 18.9 Å². The summed E-state index contributed by atoms with van der Waals surface area (Å²) < 4.78 is 13.1. The van der Waals surface area contributed by atoms with Crippen molar-refractivity contribution < 1.29 is 4.39 Å². The van der Waals surface area contributed by atoms with Crippen molar-refractivity contribution in [2.75, 3.05) is 23.3 Å². The van der Waals surface area contributed by atoms with Crippen LogP contribution in [0, 0.1) is 5.82 Å². The van der Waals surface area contributed by atoms with Gasteiger partial charge in [0.2, 0.25) is 0 Å². The van der Waals surface area contributed by atoms with Crippen LogP contribution in [0.4, 0.5) is 21.5 Å². The Balaban J connectivity index is 2.03. The summed E-state index contributed by atoms with van der Waals surface area (Å²) in [6.07, 6.45) is 2.25. The average molecular weight is 270 g/mol. The number of nitrogens with zero attached hydrogens (tertiary/aromatic N) is 1. The number of benzene rings is 2. The van der Waals surface area contributed by atoms with Crippen LogP contribution < -0.4 is 10.2 Å². The second-order valence-corrected chi connectivity index (χ2v) is 5.05. The molecular weight excluding hydrogens is 251 g/mol. The first-order chi connectivity index (χ1) is 9.79. The summed E-state index contributed by atoms with van der Waals surface area (Å²) in [5.74, 6) is -0.193. The Kier molecular flexibility index (Phi) is 3.59. The summed E-state index contributed by atoms with van der Waals surface area (Å²) in [7, 11) is 0. The van der Waals surface area contributed by atoms with Crippen molar-refractivity contribution in [3.05, 3.63) is 53.8 Å². The van der Waals surface area contributed by atoms with E-state index in [-0.39, 0.29) is 5.82 Å². The standard InChI is InChI=1S/C17H19FN2/c1-2-20(14-10-8-13(18)9-11-14)17-7-3-6-16-15(17)5-4-12-19-16/h3,6-11,19H,2,4-5,12H2,1H3. The number of rotatable bonds is 3. The highest BCUT2D eigenvalue weighted by Gasteiger charge is 2.17. The maximum absolute atomic E-state index is 13.1. The second kappa shape index (κ2) is 5.53. The van der Waals surface area contributed by atoms with Crippen LogP contribution in [-0.2, 0) is 6.42 Å². The van der Waals surface area contributed by atoms with Gasteiger partial charge < -0.3 is 10.2 Å². The summed E-state index contributed by atoms with van der Waals surface area (Å²) in [5, 5.41) is 3.46. The average Bonchev–Trinajstić information content (AvgIpc) is 2.50. The highest BCUT2D eigenvalue weighted by atomic mass is 19.1. The SMILES string of the molecule is CCN(c1ccc(F)cc1)c1cccc2c1CCCN2. The molecule has 2 nitrogen and oxygen atoms in total. The molecule has 0 amide bonds. The molecule has 0 aromatic heterocycles. The van der Waals surface area contributed by atoms with Gasteiger partial charge in [0.15, 0.2) is 0 Å². The molecule has 0 fully saturated rings. The fourth-order valence-corrected chi connectivity index (χ4v) is 2.86. The zero-order valence-electron chi connectivity index (χ0n) is 11.7. The van der Waals surface area contributed by atoms with Crippen LogP contribution >= 0.6 is 0 Å². The van der Waals surface area contributed by atoms with Crippen LogP contribution in [0.2, 0.25) is 0 Å². The molecule has 0 aliphatic carbocycles. The van der Waals surface area contributed by atoms with Crippen molar-refractivity contribution in [2.45, 2.75) is 19.8 Å². The van der Waals surface area contributed by atoms with E-state index in [0.29, 0.717) is 0 Å². The minimum atomic E-state index is -0.193. The first kappa shape index (κ1) is 13.0. The molecule has 104 valence electrons. The van der Waals surface area contributed by atoms with E-state index in [1.165, 1.54) is 29.1 Å². The number of hydrogen-bond donors (Lipinski definition) is 1. The van der Waals surface area contributed by atoms with Gasteiger partial charge in [-0.15, -0.1) is 0 Å². The highest BCUT2D eigenvalue weighted by molar-refractivity contribution is 5.73. The molecule has 3 heteroatoms. The zero-order chi connectivity index (χ0) is 13.9. The minimum Gasteiger partial charge on any atom is -0.385 e. The van der Waals surface area contributed by atoms with E-state index in [0.717, 1.165) is 31.6 Å². The maximum atomic E-state index is 13.1. The highest BCUT2D eigenvalue weighted by Crippen LogP contribution is 2.35. The lowest BCUT2D eigenvalue weighted by Gasteiger charge is -2.29. The van der Waals surface area contributed by atoms with Crippen LogP contribution in [0.25, 0.3) is 0 Å². The van der Waals surface area contributed by atoms with Gasteiger partial charge in [-0.2, -0.15) is 0 Å². The summed E-state index contributed by atoms with van der Waals surface area (Å²) in [6, 6.07) is 13.1. The number of halogens is 1. The first-order valence-electron chi connectivity index (χ1n) is 7.18. The molecule has 0 atom stereocenters. The van der Waals surface area contributed by atoms with Crippen LogP contribution in [0.3, 0.4) is 0 Å². The molecule has 1 N–H and O–H groups in total. The minimum absolute atomic E-state index is 0.193. The molecule has 2 aromatic carbocycles. The number of anilines is 3. The number of hydrogen-bond acceptors (Lipinski definition) is 2. The Morgan fingerprint density at radius 3 is 2.70 bits per heavy atom. The van der Waals surface area contributed by atoms with Crippen LogP contribution in [0.15, 0.2) is 42.5 Å². The van der Waals surface area contributed by atoms with Crippen molar-refractivity contribution in [1.29, 1.82) is 0 Å². The van der Waals surface area contributed by atoms with Gasteiger partial charge in [0.25, 0.3) is 0 Å². The van der Waals surface area contributed by atoms with Gasteiger partial charge in [-0.25, -0.2) is 4.39 Å².